The number of amides is 1. The number of hydrogen-bond donors (Lipinski definition) is 1. The van der Waals surface area contributed by atoms with Gasteiger partial charge in [-0.25, -0.2) is 0 Å². The minimum Gasteiger partial charge on any atom is -0.493 e. The standard InChI is InChI=1S/C14H16F3NO3/c1-20-11-6-3-8-7-9(18-13(19)14(15,16)17)4-5-10(8)12(11)21-2/h3,6,9H,4-5,7H2,1-2H3,(H,18,19). The topological polar surface area (TPSA) is 47.6 Å². The highest BCUT2D eigenvalue weighted by Gasteiger charge is 2.40. The molecule has 1 amide bonds. The Morgan fingerprint density at radius 3 is 2.57 bits per heavy atom. The van der Waals surface area contributed by atoms with Crippen molar-refractivity contribution < 1.29 is 27.4 Å². The summed E-state index contributed by atoms with van der Waals surface area (Å²) in [6.45, 7) is 0. The van der Waals surface area contributed by atoms with E-state index in [1.54, 1.807) is 12.1 Å². The molecule has 7 heteroatoms. The smallest absolute Gasteiger partial charge is 0.471 e. The molecule has 1 aromatic carbocycles. The summed E-state index contributed by atoms with van der Waals surface area (Å²) < 4.78 is 47.3. The van der Waals surface area contributed by atoms with Gasteiger partial charge in [0.2, 0.25) is 0 Å². The highest BCUT2D eigenvalue weighted by atomic mass is 19.4. The van der Waals surface area contributed by atoms with Gasteiger partial charge in [0, 0.05) is 11.6 Å². The van der Waals surface area contributed by atoms with E-state index in [9.17, 15) is 18.0 Å². The second-order valence-corrected chi connectivity index (χ2v) is 4.85. The van der Waals surface area contributed by atoms with E-state index in [-0.39, 0.29) is 0 Å². The zero-order chi connectivity index (χ0) is 15.6. The molecule has 0 saturated carbocycles. The van der Waals surface area contributed by atoms with Crippen molar-refractivity contribution in [3.63, 3.8) is 0 Å². The van der Waals surface area contributed by atoms with E-state index in [1.807, 2.05) is 5.32 Å². The minimum absolute atomic E-state index is 0.345. The van der Waals surface area contributed by atoms with Crippen LogP contribution in [0.5, 0.6) is 11.5 Å². The Balaban J connectivity index is 2.17. The highest BCUT2D eigenvalue weighted by molar-refractivity contribution is 5.82. The molecule has 0 heterocycles. The van der Waals surface area contributed by atoms with E-state index in [1.165, 1.54) is 14.2 Å². The molecule has 0 fully saturated rings. The van der Waals surface area contributed by atoms with E-state index < -0.39 is 18.1 Å². The molecule has 0 saturated heterocycles. The van der Waals surface area contributed by atoms with Crippen LogP contribution < -0.4 is 14.8 Å². The number of nitrogens with one attached hydrogen (secondary N) is 1. The van der Waals surface area contributed by atoms with Gasteiger partial charge in [-0.05, 0) is 30.9 Å². The van der Waals surface area contributed by atoms with Crippen molar-refractivity contribution in [2.75, 3.05) is 14.2 Å². The largest absolute Gasteiger partial charge is 0.493 e. The normalized spacial score (nSPS) is 17.9. The van der Waals surface area contributed by atoms with Gasteiger partial charge in [0.15, 0.2) is 11.5 Å². The number of alkyl halides is 3. The summed E-state index contributed by atoms with van der Waals surface area (Å²) in [7, 11) is 3.05. The molecule has 2 rings (SSSR count). The van der Waals surface area contributed by atoms with Gasteiger partial charge in [-0.3, -0.25) is 4.79 Å². The molecular weight excluding hydrogens is 287 g/mol. The first-order chi connectivity index (χ1) is 9.86. The first-order valence-corrected chi connectivity index (χ1v) is 6.47. The summed E-state index contributed by atoms with van der Waals surface area (Å²) in [5, 5.41) is 2.03. The SMILES string of the molecule is COc1ccc2c(c1OC)CCC(NC(=O)C(F)(F)F)C2. The fourth-order valence-corrected chi connectivity index (χ4v) is 2.57. The van der Waals surface area contributed by atoms with E-state index in [2.05, 4.69) is 0 Å². The van der Waals surface area contributed by atoms with Crippen LogP contribution in [0.25, 0.3) is 0 Å². The highest BCUT2D eigenvalue weighted by Crippen LogP contribution is 2.37. The maximum Gasteiger partial charge on any atom is 0.471 e. The maximum absolute atomic E-state index is 12.3. The fourth-order valence-electron chi connectivity index (χ4n) is 2.57. The van der Waals surface area contributed by atoms with Crippen LogP contribution in [-0.4, -0.2) is 32.3 Å². The average Bonchev–Trinajstić information content (AvgIpc) is 2.44. The number of methoxy groups -OCH3 is 2. The monoisotopic (exact) mass is 303 g/mol. The van der Waals surface area contributed by atoms with Crippen molar-refractivity contribution in [3.05, 3.63) is 23.3 Å². The van der Waals surface area contributed by atoms with Crippen LogP contribution in [0.1, 0.15) is 17.5 Å². The summed E-state index contributed by atoms with van der Waals surface area (Å²) in [6.07, 6.45) is -3.55. The number of rotatable bonds is 3. The summed E-state index contributed by atoms with van der Waals surface area (Å²) in [5.74, 6) is -0.693. The molecule has 1 atom stereocenters. The van der Waals surface area contributed by atoms with Crippen LogP contribution in [0, 0.1) is 0 Å². The molecule has 1 N–H and O–H groups in total. The van der Waals surface area contributed by atoms with E-state index in [0.29, 0.717) is 30.8 Å². The summed E-state index contributed by atoms with van der Waals surface area (Å²) >= 11 is 0. The van der Waals surface area contributed by atoms with Crippen LogP contribution in [0.15, 0.2) is 12.1 Å². The Morgan fingerprint density at radius 1 is 1.29 bits per heavy atom. The number of hydrogen-bond acceptors (Lipinski definition) is 3. The number of carbonyl (C=O) groups excluding carboxylic acids is 1. The third-order valence-electron chi connectivity index (χ3n) is 3.55. The zero-order valence-corrected chi connectivity index (χ0v) is 11.7. The quantitative estimate of drug-likeness (QED) is 0.931. The van der Waals surface area contributed by atoms with Gasteiger partial charge in [-0.1, -0.05) is 6.07 Å². The first kappa shape index (κ1) is 15.5. The molecule has 1 aliphatic carbocycles. The average molecular weight is 303 g/mol. The Kier molecular flexibility index (Phi) is 4.29. The van der Waals surface area contributed by atoms with Crippen molar-refractivity contribution >= 4 is 5.91 Å². The number of carbonyl (C=O) groups is 1. The molecule has 1 aromatic rings. The summed E-state index contributed by atoms with van der Waals surface area (Å²) in [5.41, 5.74) is 1.79. The van der Waals surface area contributed by atoms with E-state index in [4.69, 9.17) is 9.47 Å². The third-order valence-corrected chi connectivity index (χ3v) is 3.55. The van der Waals surface area contributed by atoms with Crippen LogP contribution in [-0.2, 0) is 17.6 Å². The van der Waals surface area contributed by atoms with Gasteiger partial charge in [0.1, 0.15) is 0 Å². The van der Waals surface area contributed by atoms with E-state index in [0.717, 1.165) is 11.1 Å². The van der Waals surface area contributed by atoms with Gasteiger partial charge in [0.05, 0.1) is 14.2 Å². The lowest BCUT2D eigenvalue weighted by Crippen LogP contribution is -2.45. The Bertz CT molecular complexity index is 543. The molecule has 0 radical (unpaired) electrons. The predicted octanol–water partition coefficient (Wildman–Crippen LogP) is 2.24. The molecule has 0 aliphatic heterocycles. The van der Waals surface area contributed by atoms with Crippen LogP contribution in [0.3, 0.4) is 0 Å². The van der Waals surface area contributed by atoms with Crippen LogP contribution in [0.4, 0.5) is 13.2 Å². The number of ether oxygens (including phenoxy) is 2. The van der Waals surface area contributed by atoms with Gasteiger partial charge >= 0.3 is 12.1 Å². The van der Waals surface area contributed by atoms with Gasteiger partial charge < -0.3 is 14.8 Å². The van der Waals surface area contributed by atoms with Gasteiger partial charge in [0.25, 0.3) is 0 Å². The minimum atomic E-state index is -4.85. The second-order valence-electron chi connectivity index (χ2n) is 4.85. The number of fused-ring (bicyclic) bond motifs is 1. The lowest BCUT2D eigenvalue weighted by molar-refractivity contribution is -0.174. The lowest BCUT2D eigenvalue weighted by Gasteiger charge is -2.27. The number of halogens is 3. The molecule has 1 unspecified atom stereocenters. The maximum atomic E-state index is 12.3. The molecule has 0 spiro atoms. The Hall–Kier alpha value is -1.92. The van der Waals surface area contributed by atoms with Gasteiger partial charge in [-0.2, -0.15) is 13.2 Å². The molecule has 0 bridgehead atoms. The molecule has 4 nitrogen and oxygen atoms in total. The fraction of sp³-hybridized carbons (Fsp3) is 0.500. The summed E-state index contributed by atoms with van der Waals surface area (Å²) in [4.78, 5) is 11.0. The third kappa shape index (κ3) is 3.22. The van der Waals surface area contributed by atoms with Crippen molar-refractivity contribution in [3.8, 4) is 11.5 Å². The molecular formula is C14H16F3NO3. The van der Waals surface area contributed by atoms with Crippen molar-refractivity contribution in [1.29, 1.82) is 0 Å². The van der Waals surface area contributed by atoms with Crippen LogP contribution >= 0.6 is 0 Å². The first-order valence-electron chi connectivity index (χ1n) is 6.47. The van der Waals surface area contributed by atoms with Crippen molar-refractivity contribution in [1.82, 2.24) is 5.32 Å². The van der Waals surface area contributed by atoms with Crippen molar-refractivity contribution in [2.24, 2.45) is 0 Å². The Morgan fingerprint density at radius 2 is 2.00 bits per heavy atom. The van der Waals surface area contributed by atoms with Gasteiger partial charge in [-0.15, -0.1) is 0 Å². The predicted molar refractivity (Wildman–Crippen MR) is 69.6 cm³/mol. The molecule has 21 heavy (non-hydrogen) atoms. The molecule has 0 aromatic heterocycles. The second kappa shape index (κ2) is 5.83. The number of benzene rings is 1. The lowest BCUT2D eigenvalue weighted by atomic mass is 9.87. The summed E-state index contributed by atoms with van der Waals surface area (Å²) in [6, 6.07) is 2.98. The molecule has 1 aliphatic rings. The van der Waals surface area contributed by atoms with Crippen molar-refractivity contribution in [2.45, 2.75) is 31.5 Å². The molecule has 116 valence electrons. The van der Waals surface area contributed by atoms with Crippen LogP contribution in [0.2, 0.25) is 0 Å². The van der Waals surface area contributed by atoms with E-state index >= 15 is 0 Å². The Labute approximate surface area is 120 Å². The zero-order valence-electron chi connectivity index (χ0n) is 11.7.